The Kier molecular flexibility index (Phi) is 9.11. The number of furan rings is 1. The lowest BCUT2D eigenvalue weighted by Crippen LogP contribution is -2.47. The average Bonchev–Trinajstić information content (AvgIpc) is 3.34. The highest BCUT2D eigenvalue weighted by Crippen LogP contribution is 2.37. The fourth-order valence-electron chi connectivity index (χ4n) is 5.13. The number of para-hydroxylation sites is 1. The predicted octanol–water partition coefficient (Wildman–Crippen LogP) is 7.25. The highest BCUT2D eigenvalue weighted by atomic mass is 32.2. The van der Waals surface area contributed by atoms with Crippen molar-refractivity contribution in [1.29, 1.82) is 0 Å². The number of hydrogen-bond acceptors (Lipinski definition) is 6. The first kappa shape index (κ1) is 31.5. The molecular weight excluding hydrogens is 590 g/mol. The lowest BCUT2D eigenvalue weighted by atomic mass is 9.96. The number of aliphatic carboxylic acids is 1. The molecule has 1 atom stereocenters. The van der Waals surface area contributed by atoms with E-state index in [1.807, 2.05) is 60.7 Å². The Morgan fingerprint density at radius 2 is 1.38 bits per heavy atom. The summed E-state index contributed by atoms with van der Waals surface area (Å²) in [5.74, 6) is -1.70. The summed E-state index contributed by atoms with van der Waals surface area (Å²) in [7, 11) is -3.88. The molecule has 0 fully saturated rings. The largest absolute Gasteiger partial charge is 0.480 e. The summed E-state index contributed by atoms with van der Waals surface area (Å²) in [6, 6.07) is 31.8. The van der Waals surface area contributed by atoms with Crippen LogP contribution in [0.4, 0.5) is 4.79 Å². The molecule has 0 aliphatic rings. The molecule has 8 nitrogen and oxygen atoms in total. The molecule has 0 unspecified atom stereocenters. The van der Waals surface area contributed by atoms with Crippen LogP contribution < -0.4 is 5.32 Å². The van der Waals surface area contributed by atoms with Gasteiger partial charge in [-0.05, 0) is 54.7 Å². The van der Waals surface area contributed by atoms with Crippen LogP contribution in [0.2, 0.25) is 0 Å². The van der Waals surface area contributed by atoms with Crippen molar-refractivity contribution in [2.75, 3.05) is 5.75 Å². The lowest BCUT2D eigenvalue weighted by Gasteiger charge is -2.22. The topological polar surface area (TPSA) is 123 Å². The van der Waals surface area contributed by atoms with E-state index in [9.17, 15) is 23.1 Å². The minimum atomic E-state index is -3.88. The number of rotatable bonds is 10. The first-order valence-corrected chi connectivity index (χ1v) is 16.4. The summed E-state index contributed by atoms with van der Waals surface area (Å²) in [6.07, 6.45) is -0.324. The number of nitrogens with one attached hydrogen (secondary N) is 1. The molecular formula is C36H35NO7S. The molecule has 1 heterocycles. The summed E-state index contributed by atoms with van der Waals surface area (Å²) in [4.78, 5) is 23.7. The Balaban J connectivity index is 1.30. The number of ether oxygens (including phenoxy) is 1. The molecule has 1 aromatic heterocycles. The number of alkyl carbamates (subject to hydrolysis) is 1. The second-order valence-electron chi connectivity index (χ2n) is 11.9. The Bertz CT molecular complexity index is 1900. The van der Waals surface area contributed by atoms with Crippen molar-refractivity contribution in [3.05, 3.63) is 120 Å². The third-order valence-electron chi connectivity index (χ3n) is 7.13. The van der Waals surface area contributed by atoms with Gasteiger partial charge in [0.25, 0.3) is 0 Å². The smallest absolute Gasteiger partial charge is 0.408 e. The van der Waals surface area contributed by atoms with Gasteiger partial charge < -0.3 is 19.6 Å². The van der Waals surface area contributed by atoms with Crippen molar-refractivity contribution in [3.63, 3.8) is 0 Å². The maximum Gasteiger partial charge on any atom is 0.408 e. The molecule has 0 saturated heterocycles. The van der Waals surface area contributed by atoms with Crippen molar-refractivity contribution >= 4 is 32.9 Å². The summed E-state index contributed by atoms with van der Waals surface area (Å²) < 4.78 is 37.1. The fourth-order valence-corrected chi connectivity index (χ4v) is 6.68. The first-order valence-electron chi connectivity index (χ1n) is 14.5. The third kappa shape index (κ3) is 8.19. The van der Waals surface area contributed by atoms with Gasteiger partial charge in [-0.25, -0.2) is 18.0 Å². The molecule has 2 N–H and O–H groups in total. The normalized spacial score (nSPS) is 12.5. The first-order chi connectivity index (χ1) is 21.4. The lowest BCUT2D eigenvalue weighted by molar-refractivity contribution is -0.138. The van der Waals surface area contributed by atoms with E-state index in [1.165, 1.54) is 0 Å². The highest BCUT2D eigenvalue weighted by Gasteiger charge is 2.29. The standard InChI is InChI=1S/C36H35NO7S/c1-36(2,3)44-35(40)37-30(34(38)39)23-45(41,42)22-25-13-15-26(16-14-25)27-17-19-28(20-18-27)33-29-11-7-8-12-31(29)43-32(33)21-24-9-5-4-6-10-24/h4-20,30H,21-23H2,1-3H3,(H,37,40)(H,38,39)/t30-/m0/s1. The third-order valence-corrected chi connectivity index (χ3v) is 8.75. The molecule has 5 rings (SSSR count). The maximum atomic E-state index is 12.9. The molecule has 0 bridgehead atoms. The van der Waals surface area contributed by atoms with E-state index in [1.54, 1.807) is 32.9 Å². The molecule has 9 heteroatoms. The Morgan fingerprint density at radius 1 is 0.800 bits per heavy atom. The van der Waals surface area contributed by atoms with Crippen molar-refractivity contribution in [2.45, 2.75) is 44.6 Å². The number of benzene rings is 4. The van der Waals surface area contributed by atoms with Crippen LogP contribution in [0.25, 0.3) is 33.2 Å². The van der Waals surface area contributed by atoms with E-state index in [4.69, 9.17) is 9.15 Å². The second kappa shape index (κ2) is 13.0. The van der Waals surface area contributed by atoms with Gasteiger partial charge in [0.1, 0.15) is 23.0 Å². The molecule has 232 valence electrons. The summed E-state index contributed by atoms with van der Waals surface area (Å²) in [6.45, 7) is 4.88. The van der Waals surface area contributed by atoms with Gasteiger partial charge >= 0.3 is 12.1 Å². The fraction of sp³-hybridized carbons (Fsp3) is 0.222. The van der Waals surface area contributed by atoms with Crippen LogP contribution in [-0.2, 0) is 31.5 Å². The summed E-state index contributed by atoms with van der Waals surface area (Å²) in [5.41, 5.74) is 5.60. The van der Waals surface area contributed by atoms with Gasteiger partial charge in [0, 0.05) is 17.4 Å². The van der Waals surface area contributed by atoms with Gasteiger partial charge in [-0.1, -0.05) is 97.1 Å². The van der Waals surface area contributed by atoms with Crippen LogP contribution in [0.15, 0.2) is 108 Å². The molecule has 0 saturated carbocycles. The van der Waals surface area contributed by atoms with Crippen LogP contribution in [0.3, 0.4) is 0 Å². The van der Waals surface area contributed by atoms with E-state index in [0.717, 1.165) is 44.5 Å². The second-order valence-corrected chi connectivity index (χ2v) is 14.0. The summed E-state index contributed by atoms with van der Waals surface area (Å²) in [5, 5.41) is 12.7. The zero-order chi connectivity index (χ0) is 32.2. The van der Waals surface area contributed by atoms with Gasteiger partial charge in [-0.3, -0.25) is 0 Å². The van der Waals surface area contributed by atoms with Crippen LogP contribution in [0.1, 0.15) is 37.7 Å². The zero-order valence-electron chi connectivity index (χ0n) is 25.3. The number of carboxylic acids is 1. The summed E-state index contributed by atoms with van der Waals surface area (Å²) >= 11 is 0. The van der Waals surface area contributed by atoms with E-state index in [0.29, 0.717) is 12.0 Å². The quantitative estimate of drug-likeness (QED) is 0.168. The van der Waals surface area contributed by atoms with Gasteiger partial charge in [0.05, 0.1) is 11.5 Å². The number of amides is 1. The minimum absolute atomic E-state index is 0.371. The van der Waals surface area contributed by atoms with E-state index in [2.05, 4.69) is 35.6 Å². The van der Waals surface area contributed by atoms with Crippen molar-refractivity contribution in [2.24, 2.45) is 0 Å². The van der Waals surface area contributed by atoms with Gasteiger partial charge in [-0.2, -0.15) is 0 Å². The number of fused-ring (bicyclic) bond motifs is 1. The number of carbonyl (C=O) groups excluding carboxylic acids is 1. The van der Waals surface area contributed by atoms with E-state index < -0.39 is 39.3 Å². The van der Waals surface area contributed by atoms with Crippen molar-refractivity contribution < 1.29 is 32.3 Å². The van der Waals surface area contributed by atoms with Crippen molar-refractivity contribution in [3.8, 4) is 22.3 Å². The molecule has 45 heavy (non-hydrogen) atoms. The van der Waals surface area contributed by atoms with Gasteiger partial charge in [0.15, 0.2) is 9.84 Å². The average molecular weight is 626 g/mol. The number of sulfone groups is 1. The number of hydrogen-bond donors (Lipinski definition) is 2. The molecule has 1 amide bonds. The number of carboxylic acid groups (broad SMARTS) is 1. The maximum absolute atomic E-state index is 12.9. The Morgan fingerprint density at radius 3 is 2.00 bits per heavy atom. The predicted molar refractivity (Wildman–Crippen MR) is 175 cm³/mol. The molecule has 0 aliphatic carbocycles. The molecule has 0 aliphatic heterocycles. The van der Waals surface area contributed by atoms with Crippen LogP contribution in [0.5, 0.6) is 0 Å². The van der Waals surface area contributed by atoms with Gasteiger partial charge in [0.2, 0.25) is 0 Å². The molecule has 0 radical (unpaired) electrons. The van der Waals surface area contributed by atoms with Crippen LogP contribution in [0, 0.1) is 0 Å². The van der Waals surface area contributed by atoms with Gasteiger partial charge in [-0.15, -0.1) is 0 Å². The molecule has 0 spiro atoms. The number of carbonyl (C=O) groups is 2. The zero-order valence-corrected chi connectivity index (χ0v) is 26.1. The monoisotopic (exact) mass is 625 g/mol. The molecule has 4 aromatic carbocycles. The Hall–Kier alpha value is -4.89. The molecule has 5 aromatic rings. The van der Waals surface area contributed by atoms with E-state index >= 15 is 0 Å². The van der Waals surface area contributed by atoms with Crippen molar-refractivity contribution in [1.82, 2.24) is 5.32 Å². The highest BCUT2D eigenvalue weighted by molar-refractivity contribution is 7.90. The van der Waals surface area contributed by atoms with Crippen LogP contribution >= 0.6 is 0 Å². The Labute approximate surface area is 262 Å². The minimum Gasteiger partial charge on any atom is -0.480 e. The van der Waals surface area contributed by atoms with Crippen LogP contribution in [-0.4, -0.2) is 43.0 Å². The van der Waals surface area contributed by atoms with E-state index in [-0.39, 0.29) is 5.75 Å². The SMILES string of the molecule is CC(C)(C)OC(=O)N[C@@H](CS(=O)(=O)Cc1ccc(-c2ccc(-c3c(Cc4ccccc4)oc4ccccc34)cc2)cc1)C(=O)O.